The van der Waals surface area contributed by atoms with Crippen LogP contribution in [0.5, 0.6) is 0 Å². The lowest BCUT2D eigenvalue weighted by Gasteiger charge is -2.09. The topological polar surface area (TPSA) is 9.23 Å². The largest absolute Gasteiger partial charge is 0.380 e. The number of methoxy groups -OCH3 is 1. The molecule has 1 heteroatoms. The summed E-state index contributed by atoms with van der Waals surface area (Å²) in [4.78, 5) is 0. The SMILES string of the molecule is COCc1ccc(C)c(C)c1C. The van der Waals surface area contributed by atoms with Gasteiger partial charge in [-0.05, 0) is 43.0 Å². The number of rotatable bonds is 2. The molecule has 0 bridgehead atoms. The molecule has 0 aliphatic carbocycles. The van der Waals surface area contributed by atoms with Gasteiger partial charge in [-0.2, -0.15) is 0 Å². The summed E-state index contributed by atoms with van der Waals surface area (Å²) in [6.45, 7) is 7.16. The van der Waals surface area contributed by atoms with Crippen LogP contribution in [0.2, 0.25) is 0 Å². The van der Waals surface area contributed by atoms with Gasteiger partial charge in [0.05, 0.1) is 6.61 Å². The molecule has 0 aliphatic heterocycles. The summed E-state index contributed by atoms with van der Waals surface area (Å²) in [6.07, 6.45) is 0. The smallest absolute Gasteiger partial charge is 0.0715 e. The predicted octanol–water partition coefficient (Wildman–Crippen LogP) is 2.76. The summed E-state index contributed by atoms with van der Waals surface area (Å²) in [5, 5.41) is 0. The Morgan fingerprint density at radius 2 is 1.75 bits per heavy atom. The molecule has 1 rings (SSSR count). The monoisotopic (exact) mass is 164 g/mol. The third-order valence-corrected chi connectivity index (χ3v) is 2.47. The van der Waals surface area contributed by atoms with Crippen molar-refractivity contribution in [1.82, 2.24) is 0 Å². The van der Waals surface area contributed by atoms with E-state index in [9.17, 15) is 0 Å². The lowest BCUT2D eigenvalue weighted by Crippen LogP contribution is -1.95. The van der Waals surface area contributed by atoms with Crippen LogP contribution in [0.15, 0.2) is 12.1 Å². The molecule has 0 heterocycles. The first-order valence-corrected chi connectivity index (χ1v) is 4.21. The van der Waals surface area contributed by atoms with Crippen LogP contribution >= 0.6 is 0 Å². The fourth-order valence-electron chi connectivity index (χ4n) is 1.32. The van der Waals surface area contributed by atoms with Crippen molar-refractivity contribution in [2.45, 2.75) is 27.4 Å². The van der Waals surface area contributed by atoms with Gasteiger partial charge >= 0.3 is 0 Å². The second-order valence-electron chi connectivity index (χ2n) is 3.22. The average Bonchev–Trinajstić information content (AvgIpc) is 2.07. The van der Waals surface area contributed by atoms with Gasteiger partial charge < -0.3 is 4.74 Å². The highest BCUT2D eigenvalue weighted by molar-refractivity contribution is 5.38. The van der Waals surface area contributed by atoms with Gasteiger partial charge in [-0.25, -0.2) is 0 Å². The van der Waals surface area contributed by atoms with E-state index in [2.05, 4.69) is 32.9 Å². The maximum Gasteiger partial charge on any atom is 0.0715 e. The molecule has 1 nitrogen and oxygen atoms in total. The zero-order chi connectivity index (χ0) is 9.14. The van der Waals surface area contributed by atoms with Crippen molar-refractivity contribution in [2.75, 3.05) is 7.11 Å². The van der Waals surface area contributed by atoms with Crippen molar-refractivity contribution in [3.63, 3.8) is 0 Å². The third-order valence-electron chi connectivity index (χ3n) is 2.47. The van der Waals surface area contributed by atoms with Crippen LogP contribution in [0, 0.1) is 20.8 Å². The number of ether oxygens (including phenoxy) is 1. The zero-order valence-corrected chi connectivity index (χ0v) is 8.27. The second kappa shape index (κ2) is 3.72. The highest BCUT2D eigenvalue weighted by Gasteiger charge is 2.02. The van der Waals surface area contributed by atoms with Gasteiger partial charge in [0.15, 0.2) is 0 Å². The average molecular weight is 164 g/mol. The first kappa shape index (κ1) is 9.27. The summed E-state index contributed by atoms with van der Waals surface area (Å²) in [5.74, 6) is 0. The van der Waals surface area contributed by atoms with Crippen LogP contribution in [0.4, 0.5) is 0 Å². The van der Waals surface area contributed by atoms with Crippen molar-refractivity contribution in [3.05, 3.63) is 34.4 Å². The fraction of sp³-hybridized carbons (Fsp3) is 0.455. The minimum absolute atomic E-state index is 0.715. The molecule has 1 aromatic carbocycles. The molecule has 0 fully saturated rings. The summed E-state index contributed by atoms with van der Waals surface area (Å²) in [7, 11) is 1.73. The Morgan fingerprint density at radius 1 is 1.08 bits per heavy atom. The Morgan fingerprint density at radius 3 is 2.33 bits per heavy atom. The Kier molecular flexibility index (Phi) is 2.88. The van der Waals surface area contributed by atoms with E-state index >= 15 is 0 Å². The van der Waals surface area contributed by atoms with Crippen molar-refractivity contribution >= 4 is 0 Å². The summed E-state index contributed by atoms with van der Waals surface area (Å²) in [6, 6.07) is 4.29. The first-order chi connectivity index (χ1) is 5.66. The lowest BCUT2D eigenvalue weighted by atomic mass is 9.99. The maximum absolute atomic E-state index is 5.10. The molecule has 0 unspecified atom stereocenters. The van der Waals surface area contributed by atoms with E-state index in [0.29, 0.717) is 6.61 Å². The molecule has 0 amide bonds. The summed E-state index contributed by atoms with van der Waals surface area (Å²) >= 11 is 0. The standard InChI is InChI=1S/C11H16O/c1-8-5-6-11(7-12-4)10(3)9(8)2/h5-6H,7H2,1-4H3. The Balaban J connectivity index is 3.08. The highest BCUT2D eigenvalue weighted by atomic mass is 16.5. The molecule has 0 spiro atoms. The number of hydrogen-bond donors (Lipinski definition) is 0. The molecule has 0 atom stereocenters. The van der Waals surface area contributed by atoms with E-state index in [0.717, 1.165) is 0 Å². The van der Waals surface area contributed by atoms with E-state index in [1.54, 1.807) is 7.11 Å². The highest BCUT2D eigenvalue weighted by Crippen LogP contribution is 2.17. The summed E-state index contributed by atoms with van der Waals surface area (Å²) < 4.78 is 5.10. The van der Waals surface area contributed by atoms with Gasteiger partial charge in [-0.15, -0.1) is 0 Å². The molecular weight excluding hydrogens is 148 g/mol. The predicted molar refractivity (Wildman–Crippen MR) is 51.4 cm³/mol. The van der Waals surface area contributed by atoms with Crippen molar-refractivity contribution in [2.24, 2.45) is 0 Å². The number of hydrogen-bond acceptors (Lipinski definition) is 1. The van der Waals surface area contributed by atoms with Crippen LogP contribution < -0.4 is 0 Å². The van der Waals surface area contributed by atoms with Gasteiger partial charge in [0.1, 0.15) is 0 Å². The first-order valence-electron chi connectivity index (χ1n) is 4.21. The van der Waals surface area contributed by atoms with E-state index in [-0.39, 0.29) is 0 Å². The van der Waals surface area contributed by atoms with Gasteiger partial charge in [-0.3, -0.25) is 0 Å². The van der Waals surface area contributed by atoms with Crippen LogP contribution in [0.3, 0.4) is 0 Å². The van der Waals surface area contributed by atoms with Crippen LogP contribution in [-0.4, -0.2) is 7.11 Å². The fourth-order valence-corrected chi connectivity index (χ4v) is 1.32. The van der Waals surface area contributed by atoms with E-state index in [4.69, 9.17) is 4.74 Å². The Bertz CT molecular complexity index is 277. The van der Waals surface area contributed by atoms with Crippen molar-refractivity contribution < 1.29 is 4.74 Å². The third kappa shape index (κ3) is 1.67. The van der Waals surface area contributed by atoms with Crippen LogP contribution in [0.1, 0.15) is 22.3 Å². The Hall–Kier alpha value is -0.820. The van der Waals surface area contributed by atoms with Gasteiger partial charge in [0, 0.05) is 7.11 Å². The van der Waals surface area contributed by atoms with Crippen molar-refractivity contribution in [3.8, 4) is 0 Å². The molecule has 0 saturated heterocycles. The van der Waals surface area contributed by atoms with E-state index < -0.39 is 0 Å². The normalized spacial score (nSPS) is 10.3. The van der Waals surface area contributed by atoms with Gasteiger partial charge in [0.25, 0.3) is 0 Å². The molecule has 66 valence electrons. The van der Waals surface area contributed by atoms with Gasteiger partial charge in [0.2, 0.25) is 0 Å². The molecular formula is C11H16O. The lowest BCUT2D eigenvalue weighted by molar-refractivity contribution is 0.184. The van der Waals surface area contributed by atoms with Crippen LogP contribution in [-0.2, 0) is 11.3 Å². The molecule has 0 N–H and O–H groups in total. The zero-order valence-electron chi connectivity index (χ0n) is 8.27. The Labute approximate surface area is 74.4 Å². The number of benzene rings is 1. The molecule has 1 aromatic rings. The molecule has 0 radical (unpaired) electrons. The van der Waals surface area contributed by atoms with Crippen LogP contribution in [0.25, 0.3) is 0 Å². The second-order valence-corrected chi connectivity index (χ2v) is 3.22. The van der Waals surface area contributed by atoms with Crippen molar-refractivity contribution in [1.29, 1.82) is 0 Å². The minimum atomic E-state index is 0.715. The molecule has 0 saturated carbocycles. The molecule has 12 heavy (non-hydrogen) atoms. The van der Waals surface area contributed by atoms with Gasteiger partial charge in [-0.1, -0.05) is 12.1 Å². The molecule has 0 aromatic heterocycles. The quantitative estimate of drug-likeness (QED) is 0.653. The van der Waals surface area contributed by atoms with E-state index in [1.165, 1.54) is 22.3 Å². The molecule has 0 aliphatic rings. The number of aryl methyl sites for hydroxylation is 1. The minimum Gasteiger partial charge on any atom is -0.380 e. The van der Waals surface area contributed by atoms with E-state index in [1.807, 2.05) is 0 Å². The summed E-state index contributed by atoms with van der Waals surface area (Å²) in [5.41, 5.74) is 5.38. The maximum atomic E-state index is 5.10.